The standard InChI is InChI=1S/C72H41N5O/c73-42-53-66(43-22-4-1-5-23-43)74-71(75-67(53)44-24-6-2-7-25-44)52-40-41-59(61-51-33-15-21-39-60(51)78-70(52)61)77-58-38-20-14-32-50(58)64-68-63(49-31-13-19-37-57(49)76(68)45-26-8-3-9-27-45)65-62(69(64)77)48-30-12-18-36-56(48)72(65)54-34-16-10-28-46(54)47-29-11-17-35-55(47)72/h1-41H. The van der Waals surface area contributed by atoms with Gasteiger partial charge in [-0.05, 0) is 81.4 Å². The van der Waals surface area contributed by atoms with Gasteiger partial charge in [-0.1, -0.05) is 206 Å². The molecule has 0 saturated carbocycles. The molecule has 0 N–H and O–H groups in total. The molecule has 2 aliphatic carbocycles. The molecule has 17 rings (SSSR count). The van der Waals surface area contributed by atoms with Crippen LogP contribution in [0.2, 0.25) is 0 Å². The van der Waals surface area contributed by atoms with Crippen LogP contribution in [0.4, 0.5) is 0 Å². The fraction of sp³-hybridized carbons (Fsp3) is 0.0139. The van der Waals surface area contributed by atoms with Gasteiger partial charge in [0, 0.05) is 49.3 Å². The number of aromatic nitrogens is 4. The molecule has 360 valence electrons. The van der Waals surface area contributed by atoms with E-state index in [2.05, 4.69) is 191 Å². The molecule has 0 aliphatic heterocycles. The Kier molecular flexibility index (Phi) is 8.74. The predicted octanol–water partition coefficient (Wildman–Crippen LogP) is 17.8. The summed E-state index contributed by atoms with van der Waals surface area (Å²) in [5.41, 5.74) is 21.3. The van der Waals surface area contributed by atoms with E-state index in [9.17, 15) is 5.26 Å². The van der Waals surface area contributed by atoms with Gasteiger partial charge in [-0.3, -0.25) is 0 Å². The highest BCUT2D eigenvalue weighted by atomic mass is 16.3. The molecule has 0 atom stereocenters. The Morgan fingerprint density at radius 2 is 0.910 bits per heavy atom. The molecule has 6 nitrogen and oxygen atoms in total. The number of nitrogens with zero attached hydrogens (tertiary/aromatic N) is 5. The molecule has 4 heterocycles. The average Bonchev–Trinajstić information content (AvgIpc) is 2.57. The van der Waals surface area contributed by atoms with Gasteiger partial charge < -0.3 is 13.6 Å². The summed E-state index contributed by atoms with van der Waals surface area (Å²) in [6, 6.07) is 91.3. The van der Waals surface area contributed by atoms with Crippen LogP contribution in [-0.2, 0) is 5.41 Å². The molecule has 15 aromatic rings. The first-order valence-electron chi connectivity index (χ1n) is 26.5. The Balaban J connectivity index is 1.08. The Morgan fingerprint density at radius 3 is 1.54 bits per heavy atom. The molecule has 1 spiro atoms. The first-order chi connectivity index (χ1) is 38.7. The Labute approximate surface area is 447 Å². The molecule has 0 unspecified atom stereocenters. The molecule has 0 amide bonds. The molecule has 11 aromatic carbocycles. The van der Waals surface area contributed by atoms with Crippen molar-refractivity contribution in [3.8, 4) is 73.6 Å². The summed E-state index contributed by atoms with van der Waals surface area (Å²) < 4.78 is 12.2. The summed E-state index contributed by atoms with van der Waals surface area (Å²) in [5, 5.41) is 17.6. The normalized spacial score (nSPS) is 13.0. The summed E-state index contributed by atoms with van der Waals surface area (Å²) in [4.78, 5) is 10.6. The number of para-hydroxylation sites is 4. The minimum absolute atomic E-state index is 0.414. The van der Waals surface area contributed by atoms with Crippen LogP contribution < -0.4 is 0 Å². The predicted molar refractivity (Wildman–Crippen MR) is 315 cm³/mol. The zero-order valence-electron chi connectivity index (χ0n) is 41.8. The van der Waals surface area contributed by atoms with E-state index < -0.39 is 5.41 Å². The van der Waals surface area contributed by atoms with E-state index in [1.54, 1.807) is 0 Å². The molecule has 0 saturated heterocycles. The maximum Gasteiger partial charge on any atom is 0.164 e. The van der Waals surface area contributed by atoms with Gasteiger partial charge >= 0.3 is 0 Å². The smallest absolute Gasteiger partial charge is 0.164 e. The number of hydrogen-bond acceptors (Lipinski definition) is 4. The van der Waals surface area contributed by atoms with Crippen LogP contribution in [0.25, 0.3) is 133 Å². The lowest BCUT2D eigenvalue weighted by Gasteiger charge is -2.31. The summed E-state index contributed by atoms with van der Waals surface area (Å²) in [7, 11) is 0. The van der Waals surface area contributed by atoms with Gasteiger partial charge in [-0.25, -0.2) is 9.97 Å². The minimum Gasteiger partial charge on any atom is -0.455 e. The third-order valence-corrected chi connectivity index (χ3v) is 16.8. The zero-order valence-corrected chi connectivity index (χ0v) is 41.8. The van der Waals surface area contributed by atoms with Crippen molar-refractivity contribution in [1.82, 2.24) is 19.1 Å². The van der Waals surface area contributed by atoms with Gasteiger partial charge in [-0.2, -0.15) is 5.26 Å². The fourth-order valence-electron chi connectivity index (χ4n) is 13.8. The molecule has 0 fully saturated rings. The summed E-state index contributed by atoms with van der Waals surface area (Å²) in [6.07, 6.45) is 0. The number of hydrogen-bond donors (Lipinski definition) is 0. The summed E-state index contributed by atoms with van der Waals surface area (Å²) >= 11 is 0. The first kappa shape index (κ1) is 42.7. The van der Waals surface area contributed by atoms with Crippen molar-refractivity contribution in [1.29, 1.82) is 5.26 Å². The van der Waals surface area contributed by atoms with E-state index in [0.29, 0.717) is 28.4 Å². The SMILES string of the molecule is N#Cc1c(-c2ccccc2)nc(-c2ccc(-n3c4ccccc4c4c3c3c(c5c6ccccc6n(-c6ccccc6)c54)C4(c5ccccc5-c5ccccc54)c4ccccc4-3)c3c2oc2ccccc23)nc1-c1ccccc1. The van der Waals surface area contributed by atoms with Crippen LogP contribution in [-0.4, -0.2) is 19.1 Å². The molecular formula is C72H41N5O. The quantitative estimate of drug-likeness (QED) is 0.172. The fourth-order valence-corrected chi connectivity index (χ4v) is 13.8. The van der Waals surface area contributed by atoms with Crippen LogP contribution >= 0.6 is 0 Å². The van der Waals surface area contributed by atoms with Gasteiger partial charge in [0.1, 0.15) is 22.8 Å². The van der Waals surface area contributed by atoms with Crippen LogP contribution in [0, 0.1) is 11.3 Å². The van der Waals surface area contributed by atoms with Crippen LogP contribution in [0.5, 0.6) is 0 Å². The largest absolute Gasteiger partial charge is 0.455 e. The second-order valence-corrected chi connectivity index (χ2v) is 20.5. The second kappa shape index (κ2) is 16.0. The molecule has 0 radical (unpaired) electrons. The lowest BCUT2D eigenvalue weighted by Crippen LogP contribution is -2.26. The third kappa shape index (κ3) is 5.48. The van der Waals surface area contributed by atoms with E-state index >= 15 is 0 Å². The second-order valence-electron chi connectivity index (χ2n) is 20.5. The third-order valence-electron chi connectivity index (χ3n) is 16.8. The molecule has 0 bridgehead atoms. The van der Waals surface area contributed by atoms with Gasteiger partial charge in [0.2, 0.25) is 0 Å². The van der Waals surface area contributed by atoms with E-state index in [1.165, 1.54) is 60.7 Å². The summed E-state index contributed by atoms with van der Waals surface area (Å²) in [6.45, 7) is 0. The molecule has 2 aliphatic rings. The van der Waals surface area contributed by atoms with Crippen LogP contribution in [0.15, 0.2) is 253 Å². The van der Waals surface area contributed by atoms with Gasteiger partial charge in [0.05, 0.1) is 55.5 Å². The van der Waals surface area contributed by atoms with Crippen molar-refractivity contribution in [2.75, 3.05) is 0 Å². The maximum absolute atomic E-state index is 10.9. The van der Waals surface area contributed by atoms with E-state index in [4.69, 9.17) is 14.4 Å². The minimum atomic E-state index is -0.667. The topological polar surface area (TPSA) is 72.6 Å². The zero-order chi connectivity index (χ0) is 51.2. The monoisotopic (exact) mass is 991 g/mol. The Bertz CT molecular complexity index is 4990. The van der Waals surface area contributed by atoms with Crippen LogP contribution in [0.1, 0.15) is 27.8 Å². The van der Waals surface area contributed by atoms with Crippen molar-refractivity contribution in [3.63, 3.8) is 0 Å². The number of benzene rings is 11. The first-order valence-corrected chi connectivity index (χ1v) is 26.5. The Morgan fingerprint density at radius 1 is 0.410 bits per heavy atom. The highest BCUT2D eigenvalue weighted by molar-refractivity contribution is 6.33. The van der Waals surface area contributed by atoms with Gasteiger partial charge in [-0.15, -0.1) is 0 Å². The van der Waals surface area contributed by atoms with Crippen LogP contribution in [0.3, 0.4) is 0 Å². The van der Waals surface area contributed by atoms with Crippen molar-refractivity contribution in [2.45, 2.75) is 5.41 Å². The Hall–Kier alpha value is -10.6. The lowest BCUT2D eigenvalue weighted by atomic mass is 9.69. The highest BCUT2D eigenvalue weighted by Crippen LogP contribution is 2.67. The molecule has 78 heavy (non-hydrogen) atoms. The molecule has 4 aromatic heterocycles. The van der Waals surface area contributed by atoms with Gasteiger partial charge in [0.15, 0.2) is 5.82 Å². The van der Waals surface area contributed by atoms with Crippen molar-refractivity contribution in [2.24, 2.45) is 0 Å². The summed E-state index contributed by atoms with van der Waals surface area (Å²) in [5.74, 6) is 0.467. The van der Waals surface area contributed by atoms with Gasteiger partial charge in [0.25, 0.3) is 0 Å². The molecular weight excluding hydrogens is 951 g/mol. The number of nitriles is 1. The highest BCUT2D eigenvalue weighted by Gasteiger charge is 2.54. The van der Waals surface area contributed by atoms with E-state index in [0.717, 1.165) is 71.9 Å². The maximum atomic E-state index is 10.9. The van der Waals surface area contributed by atoms with E-state index in [1.807, 2.05) is 72.8 Å². The number of rotatable bonds is 5. The van der Waals surface area contributed by atoms with Crippen molar-refractivity contribution in [3.05, 3.63) is 277 Å². The lowest BCUT2D eigenvalue weighted by molar-refractivity contribution is 0.669. The number of furan rings is 1. The van der Waals surface area contributed by atoms with E-state index in [-0.39, 0.29) is 0 Å². The van der Waals surface area contributed by atoms with Crippen molar-refractivity contribution < 1.29 is 4.42 Å². The molecule has 6 heteroatoms. The van der Waals surface area contributed by atoms with Crippen molar-refractivity contribution >= 4 is 65.6 Å². The average molecular weight is 992 g/mol. The number of fused-ring (bicyclic) bond motifs is 22.